The molecule has 0 fully saturated rings. The van der Waals surface area contributed by atoms with Crippen LogP contribution in [0.25, 0.3) is 22.0 Å². The van der Waals surface area contributed by atoms with Crippen LogP contribution in [0.4, 0.5) is 0 Å². The summed E-state index contributed by atoms with van der Waals surface area (Å²) in [7, 11) is 3.42. The van der Waals surface area contributed by atoms with Crippen LogP contribution in [0.2, 0.25) is 0 Å². The van der Waals surface area contributed by atoms with E-state index >= 15 is 0 Å². The number of methoxy groups -OCH3 is 1. The number of benzene rings is 1. The van der Waals surface area contributed by atoms with Crippen molar-refractivity contribution in [2.45, 2.75) is 26.4 Å². The first-order valence-corrected chi connectivity index (χ1v) is 10.9. The minimum atomic E-state index is -0.0565. The van der Waals surface area contributed by atoms with Gasteiger partial charge in [0.25, 0.3) is 5.56 Å². The zero-order chi connectivity index (χ0) is 23.1. The molecule has 0 radical (unpaired) electrons. The van der Waals surface area contributed by atoms with Crippen LogP contribution < -0.4 is 10.3 Å². The predicted molar refractivity (Wildman–Crippen MR) is 125 cm³/mol. The lowest BCUT2D eigenvalue weighted by Gasteiger charge is -2.30. The van der Waals surface area contributed by atoms with E-state index in [0.717, 1.165) is 33.4 Å². The zero-order valence-corrected chi connectivity index (χ0v) is 18.9. The number of pyridine rings is 2. The monoisotopic (exact) mass is 443 g/mol. The second-order valence-electron chi connectivity index (χ2n) is 8.36. The summed E-state index contributed by atoms with van der Waals surface area (Å²) in [5, 5.41) is 0.862. The van der Waals surface area contributed by atoms with Crippen molar-refractivity contribution in [3.8, 4) is 16.9 Å². The SMILES string of the molecule is COc1ccc(-c2cc3c(n(C)c2=O)CCN(C(=O)Cn2ccnc2)C3)c2ccc(C)nc12. The molecule has 3 aromatic heterocycles. The van der Waals surface area contributed by atoms with Gasteiger partial charge in [0.05, 0.1) is 13.4 Å². The third kappa shape index (κ3) is 3.67. The Hall–Kier alpha value is -3.94. The van der Waals surface area contributed by atoms with Gasteiger partial charge in [-0.2, -0.15) is 0 Å². The van der Waals surface area contributed by atoms with Crippen LogP contribution in [-0.2, 0) is 31.4 Å². The Morgan fingerprint density at radius 1 is 1.18 bits per heavy atom. The fourth-order valence-corrected chi connectivity index (χ4v) is 4.56. The molecule has 33 heavy (non-hydrogen) atoms. The van der Waals surface area contributed by atoms with Crippen LogP contribution in [0.15, 0.2) is 53.8 Å². The second-order valence-corrected chi connectivity index (χ2v) is 8.36. The molecule has 4 heterocycles. The molecule has 0 saturated carbocycles. The van der Waals surface area contributed by atoms with E-state index in [1.54, 1.807) is 35.0 Å². The van der Waals surface area contributed by atoms with Gasteiger partial charge in [-0.25, -0.2) is 9.97 Å². The Kier molecular flexibility index (Phi) is 5.20. The van der Waals surface area contributed by atoms with Crippen molar-refractivity contribution in [2.24, 2.45) is 7.05 Å². The maximum Gasteiger partial charge on any atom is 0.258 e. The van der Waals surface area contributed by atoms with Crippen molar-refractivity contribution >= 4 is 16.8 Å². The van der Waals surface area contributed by atoms with E-state index in [0.29, 0.717) is 30.8 Å². The summed E-state index contributed by atoms with van der Waals surface area (Å²) in [6.07, 6.45) is 5.72. The van der Waals surface area contributed by atoms with Gasteiger partial charge in [-0.3, -0.25) is 9.59 Å². The molecular formula is C25H25N5O3. The van der Waals surface area contributed by atoms with Crippen LogP contribution in [0.1, 0.15) is 17.0 Å². The molecular weight excluding hydrogens is 418 g/mol. The van der Waals surface area contributed by atoms with Crippen LogP contribution in [0, 0.1) is 6.92 Å². The standard InChI is InChI=1S/C25H25N5O3/c1-16-4-5-19-18(6-7-22(33-3)24(19)27-16)20-12-17-13-30(10-8-21(17)28(2)25(20)32)23(31)14-29-11-9-26-15-29/h4-7,9,11-12,15H,8,10,13-14H2,1-3H3. The van der Waals surface area contributed by atoms with Gasteiger partial charge in [0.2, 0.25) is 5.91 Å². The second kappa shape index (κ2) is 8.20. The average Bonchev–Trinajstić information content (AvgIpc) is 3.33. The van der Waals surface area contributed by atoms with E-state index in [1.165, 1.54) is 0 Å². The van der Waals surface area contributed by atoms with E-state index in [1.807, 2.05) is 49.2 Å². The van der Waals surface area contributed by atoms with Gasteiger partial charge in [-0.1, -0.05) is 6.07 Å². The van der Waals surface area contributed by atoms with Gasteiger partial charge in [0.15, 0.2) is 0 Å². The summed E-state index contributed by atoms with van der Waals surface area (Å²) in [6.45, 7) is 3.23. The lowest BCUT2D eigenvalue weighted by molar-refractivity contribution is -0.132. The first-order valence-electron chi connectivity index (χ1n) is 10.9. The summed E-state index contributed by atoms with van der Waals surface area (Å²) in [5.74, 6) is 0.701. The Labute approximate surface area is 191 Å². The first-order chi connectivity index (χ1) is 16.0. The molecule has 8 heteroatoms. The first kappa shape index (κ1) is 20.9. The molecule has 1 aromatic carbocycles. The van der Waals surface area contributed by atoms with Crippen molar-refractivity contribution in [3.05, 3.63) is 76.4 Å². The van der Waals surface area contributed by atoms with Crippen molar-refractivity contribution in [3.63, 3.8) is 0 Å². The Balaban J connectivity index is 1.57. The number of rotatable bonds is 4. The quantitative estimate of drug-likeness (QED) is 0.484. The molecule has 0 N–H and O–H groups in total. The molecule has 0 atom stereocenters. The summed E-state index contributed by atoms with van der Waals surface area (Å²) >= 11 is 0. The van der Waals surface area contributed by atoms with Crippen LogP contribution in [-0.4, -0.2) is 43.6 Å². The molecule has 4 aromatic rings. The average molecular weight is 444 g/mol. The molecule has 0 saturated heterocycles. The van der Waals surface area contributed by atoms with Gasteiger partial charge >= 0.3 is 0 Å². The number of carbonyl (C=O) groups is 1. The molecule has 0 unspecified atom stereocenters. The van der Waals surface area contributed by atoms with Crippen LogP contribution >= 0.6 is 0 Å². The number of fused-ring (bicyclic) bond motifs is 2. The number of hydrogen-bond acceptors (Lipinski definition) is 5. The number of nitrogens with zero attached hydrogens (tertiary/aromatic N) is 5. The Morgan fingerprint density at radius 3 is 2.79 bits per heavy atom. The number of imidazole rings is 1. The third-order valence-electron chi connectivity index (χ3n) is 6.31. The molecule has 0 spiro atoms. The Morgan fingerprint density at radius 2 is 2.03 bits per heavy atom. The molecule has 168 valence electrons. The van der Waals surface area contributed by atoms with Gasteiger partial charge in [-0.05, 0) is 42.3 Å². The summed E-state index contributed by atoms with van der Waals surface area (Å²) < 4.78 is 8.99. The summed E-state index contributed by atoms with van der Waals surface area (Å²) in [6, 6.07) is 9.62. The molecule has 0 bridgehead atoms. The van der Waals surface area contributed by atoms with Crippen molar-refractivity contribution in [1.82, 2.24) is 24.0 Å². The third-order valence-corrected chi connectivity index (χ3v) is 6.31. The largest absolute Gasteiger partial charge is 0.494 e. The van der Waals surface area contributed by atoms with Crippen molar-refractivity contribution in [1.29, 1.82) is 0 Å². The fourth-order valence-electron chi connectivity index (χ4n) is 4.56. The van der Waals surface area contributed by atoms with E-state index < -0.39 is 0 Å². The fraction of sp³-hybridized carbons (Fsp3) is 0.280. The molecule has 1 aliphatic rings. The number of ether oxygens (including phenoxy) is 1. The van der Waals surface area contributed by atoms with E-state index in [-0.39, 0.29) is 18.0 Å². The van der Waals surface area contributed by atoms with Gasteiger partial charge in [-0.15, -0.1) is 0 Å². The molecule has 0 aliphatic carbocycles. The highest BCUT2D eigenvalue weighted by atomic mass is 16.5. The topological polar surface area (TPSA) is 82.2 Å². The summed E-state index contributed by atoms with van der Waals surface area (Å²) in [4.78, 5) is 36.7. The number of aryl methyl sites for hydroxylation is 1. The molecule has 8 nitrogen and oxygen atoms in total. The van der Waals surface area contributed by atoms with Gasteiger partial charge in [0, 0.05) is 61.3 Å². The summed E-state index contributed by atoms with van der Waals surface area (Å²) in [5.41, 5.74) is 4.92. The van der Waals surface area contributed by atoms with Crippen molar-refractivity contribution < 1.29 is 9.53 Å². The highest BCUT2D eigenvalue weighted by molar-refractivity contribution is 5.98. The lowest BCUT2D eigenvalue weighted by Crippen LogP contribution is -2.40. The number of aromatic nitrogens is 4. The maximum atomic E-state index is 13.4. The van der Waals surface area contributed by atoms with E-state index in [2.05, 4.69) is 9.97 Å². The van der Waals surface area contributed by atoms with Gasteiger partial charge in [0.1, 0.15) is 17.8 Å². The molecule has 5 rings (SSSR count). The number of amides is 1. The van der Waals surface area contributed by atoms with Crippen LogP contribution in [0.5, 0.6) is 5.75 Å². The highest BCUT2D eigenvalue weighted by Gasteiger charge is 2.25. The number of hydrogen-bond donors (Lipinski definition) is 0. The number of carbonyl (C=O) groups excluding carboxylic acids is 1. The molecule has 1 amide bonds. The smallest absolute Gasteiger partial charge is 0.258 e. The minimum absolute atomic E-state index is 0.0311. The Bertz CT molecular complexity index is 1420. The minimum Gasteiger partial charge on any atom is -0.494 e. The van der Waals surface area contributed by atoms with E-state index in [9.17, 15) is 9.59 Å². The van der Waals surface area contributed by atoms with Gasteiger partial charge < -0.3 is 18.8 Å². The highest BCUT2D eigenvalue weighted by Crippen LogP contribution is 2.33. The lowest BCUT2D eigenvalue weighted by atomic mass is 9.96. The normalized spacial score (nSPS) is 13.2. The van der Waals surface area contributed by atoms with E-state index in [4.69, 9.17) is 4.74 Å². The predicted octanol–water partition coefficient (Wildman–Crippen LogP) is 2.70. The molecule has 1 aliphatic heterocycles. The maximum absolute atomic E-state index is 13.4. The van der Waals surface area contributed by atoms with Crippen molar-refractivity contribution in [2.75, 3.05) is 13.7 Å². The van der Waals surface area contributed by atoms with Crippen LogP contribution in [0.3, 0.4) is 0 Å². The zero-order valence-electron chi connectivity index (χ0n) is 18.9.